The van der Waals surface area contributed by atoms with Crippen molar-refractivity contribution in [2.24, 2.45) is 5.92 Å². The Hall–Kier alpha value is -4.76. The largest absolute Gasteiger partial charge is 0.432 e. The van der Waals surface area contributed by atoms with Crippen molar-refractivity contribution < 1.29 is 36.4 Å². The first-order valence-corrected chi connectivity index (χ1v) is 17.2. The van der Waals surface area contributed by atoms with Crippen LogP contribution in [0.15, 0.2) is 48.9 Å². The van der Waals surface area contributed by atoms with Crippen LogP contribution in [0.25, 0.3) is 16.9 Å². The molecule has 0 saturated carbocycles. The molecule has 0 bridgehead atoms. The Morgan fingerprint density at radius 1 is 1.02 bits per heavy atom. The van der Waals surface area contributed by atoms with Crippen molar-refractivity contribution in [3.8, 4) is 17.0 Å². The molecule has 2 aliphatic heterocycles. The molecule has 272 valence electrons. The summed E-state index contributed by atoms with van der Waals surface area (Å²) >= 11 is 0. The van der Waals surface area contributed by atoms with Crippen LogP contribution in [-0.2, 0) is 11.2 Å². The molecule has 0 unspecified atom stereocenters. The molecule has 4 aromatic rings. The number of hydrogen-bond donors (Lipinski definition) is 2. The minimum absolute atomic E-state index is 0.0413. The molecular formula is C36H43F4N8O3+. The van der Waals surface area contributed by atoms with Gasteiger partial charge in [0.05, 0.1) is 38.6 Å². The second kappa shape index (κ2) is 15.2. The number of piperazine rings is 1. The summed E-state index contributed by atoms with van der Waals surface area (Å²) in [7, 11) is 4.22. The summed E-state index contributed by atoms with van der Waals surface area (Å²) in [6.07, 6.45) is 6.67. The number of rotatable bonds is 11. The fraction of sp³-hybridized carbons (Fsp3) is 0.444. The zero-order chi connectivity index (χ0) is 36.3. The fourth-order valence-electron chi connectivity index (χ4n) is 7.03. The summed E-state index contributed by atoms with van der Waals surface area (Å²) in [6, 6.07) is 7.48. The Labute approximate surface area is 293 Å². The zero-order valence-corrected chi connectivity index (χ0v) is 29.0. The number of benzene rings is 2. The SMILES string of the molecule is CCc1cc(Nc2nccn3c(-c4ccc(OC(F)F)c(F)c4F)cnc23)ccc1C(=O)N1CCN(C(=O)C2CC[N+](C)(CCNC)CC2)CC1. The lowest BCUT2D eigenvalue weighted by molar-refractivity contribution is -0.913. The van der Waals surface area contributed by atoms with Gasteiger partial charge in [0.1, 0.15) is 0 Å². The smallest absolute Gasteiger partial charge is 0.387 e. The summed E-state index contributed by atoms with van der Waals surface area (Å²) in [5, 5.41) is 6.44. The van der Waals surface area contributed by atoms with Crippen molar-refractivity contribution in [2.75, 3.05) is 71.8 Å². The highest BCUT2D eigenvalue weighted by molar-refractivity contribution is 5.96. The minimum atomic E-state index is -3.30. The first-order valence-electron chi connectivity index (χ1n) is 17.2. The molecular weight excluding hydrogens is 668 g/mol. The quantitative estimate of drug-likeness (QED) is 0.168. The number of nitrogens with zero attached hydrogens (tertiary/aromatic N) is 6. The van der Waals surface area contributed by atoms with Gasteiger partial charge in [0, 0.05) is 80.7 Å². The van der Waals surface area contributed by atoms with E-state index in [1.165, 1.54) is 23.0 Å². The molecule has 2 aliphatic rings. The van der Waals surface area contributed by atoms with Crippen LogP contribution in [0.2, 0.25) is 0 Å². The van der Waals surface area contributed by atoms with Crippen molar-refractivity contribution in [3.63, 3.8) is 0 Å². The third-order valence-corrected chi connectivity index (χ3v) is 10.1. The number of aromatic nitrogens is 3. The van der Waals surface area contributed by atoms with E-state index in [-0.39, 0.29) is 29.0 Å². The van der Waals surface area contributed by atoms with Crippen LogP contribution in [0.4, 0.5) is 29.1 Å². The zero-order valence-electron chi connectivity index (χ0n) is 29.0. The van der Waals surface area contributed by atoms with Gasteiger partial charge in [-0.1, -0.05) is 6.92 Å². The number of aryl methyl sites for hydroxylation is 1. The summed E-state index contributed by atoms with van der Waals surface area (Å²) in [5.74, 6) is -3.30. The number of imidazole rings is 1. The highest BCUT2D eigenvalue weighted by atomic mass is 19.3. The number of quaternary nitrogens is 1. The van der Waals surface area contributed by atoms with E-state index in [0.29, 0.717) is 55.3 Å². The Morgan fingerprint density at radius 3 is 2.43 bits per heavy atom. The molecule has 4 heterocycles. The third kappa shape index (κ3) is 7.64. The van der Waals surface area contributed by atoms with Crippen LogP contribution in [0.5, 0.6) is 5.75 Å². The number of carbonyl (C=O) groups excluding carboxylic acids is 2. The molecule has 0 radical (unpaired) electrons. The molecule has 2 aromatic heterocycles. The summed E-state index contributed by atoms with van der Waals surface area (Å²) in [6.45, 7) is 4.63. The lowest BCUT2D eigenvalue weighted by atomic mass is 9.93. The van der Waals surface area contributed by atoms with Crippen molar-refractivity contribution in [2.45, 2.75) is 32.8 Å². The van der Waals surface area contributed by atoms with Crippen LogP contribution < -0.4 is 15.4 Å². The Morgan fingerprint density at radius 2 is 1.75 bits per heavy atom. The number of hydrogen-bond acceptors (Lipinski definition) is 7. The highest BCUT2D eigenvalue weighted by Crippen LogP contribution is 2.33. The van der Waals surface area contributed by atoms with E-state index in [2.05, 4.69) is 32.4 Å². The van der Waals surface area contributed by atoms with Gasteiger partial charge in [-0.2, -0.15) is 13.2 Å². The van der Waals surface area contributed by atoms with Crippen molar-refractivity contribution >= 4 is 29.0 Å². The summed E-state index contributed by atoms with van der Waals surface area (Å²) < 4.78 is 61.2. The van der Waals surface area contributed by atoms with Gasteiger partial charge < -0.3 is 29.7 Å². The molecule has 2 aromatic carbocycles. The van der Waals surface area contributed by atoms with E-state index in [1.807, 2.05) is 24.9 Å². The van der Waals surface area contributed by atoms with Gasteiger partial charge in [-0.25, -0.2) is 14.4 Å². The van der Waals surface area contributed by atoms with Gasteiger partial charge in [-0.3, -0.25) is 14.0 Å². The van der Waals surface area contributed by atoms with Crippen LogP contribution in [0.3, 0.4) is 0 Å². The summed E-state index contributed by atoms with van der Waals surface area (Å²) in [4.78, 5) is 39.5. The average molecular weight is 712 g/mol. The fourth-order valence-corrected chi connectivity index (χ4v) is 7.03. The van der Waals surface area contributed by atoms with Gasteiger partial charge in [-0.15, -0.1) is 0 Å². The van der Waals surface area contributed by atoms with Crippen molar-refractivity contribution in [1.82, 2.24) is 29.5 Å². The Kier molecular flexibility index (Phi) is 10.8. The number of ether oxygens (including phenoxy) is 1. The number of nitrogens with one attached hydrogen (secondary N) is 2. The molecule has 2 amide bonds. The Bertz CT molecular complexity index is 1890. The lowest BCUT2D eigenvalue weighted by Crippen LogP contribution is -2.56. The van der Waals surface area contributed by atoms with E-state index in [4.69, 9.17) is 0 Å². The molecule has 0 spiro atoms. The number of likely N-dealkylation sites (N-methyl/N-ethyl adjacent to an activating group) is 2. The number of alkyl halides is 2. The predicted molar refractivity (Wildman–Crippen MR) is 184 cm³/mol. The van der Waals surface area contributed by atoms with Gasteiger partial charge >= 0.3 is 6.61 Å². The highest BCUT2D eigenvalue weighted by Gasteiger charge is 2.36. The molecule has 6 rings (SSSR count). The van der Waals surface area contributed by atoms with E-state index >= 15 is 0 Å². The molecule has 0 atom stereocenters. The second-order valence-corrected chi connectivity index (χ2v) is 13.4. The first-order chi connectivity index (χ1) is 24.5. The molecule has 15 heteroatoms. The predicted octanol–water partition coefficient (Wildman–Crippen LogP) is 4.94. The standard InChI is InChI=1S/C36H42F4N8O3/c1-4-23-21-25(44-32-33-43-22-28(47(33)13-11-42-32)27-7-8-29(51-36(39)40)31(38)30(27)37)5-6-26(23)35(50)46-16-14-45(15-17-46)34(49)24-9-18-48(3,19-10-24)20-12-41-2/h5-8,11,13,21-22,24,36,41H,4,9-10,12,14-20H2,1-3H3/p+1. The maximum absolute atomic E-state index is 14.9. The van der Waals surface area contributed by atoms with Crippen LogP contribution >= 0.6 is 0 Å². The van der Waals surface area contributed by atoms with Crippen molar-refractivity contribution in [3.05, 3.63) is 71.7 Å². The van der Waals surface area contributed by atoms with E-state index in [9.17, 15) is 27.2 Å². The van der Waals surface area contributed by atoms with Gasteiger partial charge in [0.15, 0.2) is 23.0 Å². The van der Waals surface area contributed by atoms with E-state index in [1.54, 1.807) is 17.0 Å². The number of carbonyl (C=O) groups is 2. The number of likely N-dealkylation sites (tertiary alicyclic amines) is 1. The minimum Gasteiger partial charge on any atom is -0.432 e. The number of anilines is 2. The molecule has 2 saturated heterocycles. The Balaban J connectivity index is 1.11. The molecule has 0 aliphatic carbocycles. The monoisotopic (exact) mass is 711 g/mol. The van der Waals surface area contributed by atoms with E-state index < -0.39 is 24.0 Å². The number of piperidine rings is 1. The van der Waals surface area contributed by atoms with Gasteiger partial charge in [0.25, 0.3) is 5.91 Å². The van der Waals surface area contributed by atoms with Crippen LogP contribution in [0, 0.1) is 17.6 Å². The third-order valence-electron chi connectivity index (χ3n) is 10.1. The summed E-state index contributed by atoms with van der Waals surface area (Å²) in [5.41, 5.74) is 2.33. The molecule has 2 N–H and O–H groups in total. The van der Waals surface area contributed by atoms with Crippen LogP contribution in [0.1, 0.15) is 35.7 Å². The number of amides is 2. The first kappa shape index (κ1) is 36.0. The van der Waals surface area contributed by atoms with Crippen molar-refractivity contribution in [1.29, 1.82) is 0 Å². The average Bonchev–Trinajstić information content (AvgIpc) is 3.57. The number of halogens is 4. The van der Waals surface area contributed by atoms with Gasteiger partial charge in [-0.05, 0) is 49.4 Å². The molecule has 51 heavy (non-hydrogen) atoms. The maximum atomic E-state index is 14.9. The van der Waals surface area contributed by atoms with Gasteiger partial charge in [0.2, 0.25) is 11.7 Å². The normalized spacial score (nSPS) is 19.5. The topological polar surface area (TPSA) is 104 Å². The molecule has 11 nitrogen and oxygen atoms in total. The maximum Gasteiger partial charge on any atom is 0.387 e. The molecule has 2 fully saturated rings. The number of fused-ring (bicyclic) bond motifs is 1. The van der Waals surface area contributed by atoms with E-state index in [0.717, 1.165) is 61.2 Å². The lowest BCUT2D eigenvalue weighted by Gasteiger charge is -2.42. The van der Waals surface area contributed by atoms with Crippen LogP contribution in [-0.4, -0.2) is 114 Å². The second-order valence-electron chi connectivity index (χ2n) is 13.4.